The molecule has 15 heteroatoms. The molecule has 8 N–H and O–H groups in total. The molecule has 0 saturated heterocycles. The third-order valence-electron chi connectivity index (χ3n) is 8.03. The van der Waals surface area contributed by atoms with E-state index in [1.165, 1.54) is 0 Å². The van der Waals surface area contributed by atoms with Crippen LogP contribution in [0.4, 0.5) is 0 Å². The Morgan fingerprint density at radius 2 is 0.917 bits per heavy atom. The molecule has 15 nitrogen and oxygen atoms in total. The summed E-state index contributed by atoms with van der Waals surface area (Å²) < 4.78 is 11.3. The summed E-state index contributed by atoms with van der Waals surface area (Å²) in [4.78, 5) is 71.2. The maximum absolute atomic E-state index is 12.9. The van der Waals surface area contributed by atoms with Gasteiger partial charge in [-0.3, -0.25) is 28.8 Å². The standard InChI is InChI=1S/C33H57NO14/c1-2-3-4-5-8-11-14-26(47-30(41)18-22(32(43)44)16-28(37)38)27(48-31(42)19-23(33(45)46)17-29(39)40)15-12-9-6-7-10-13-24(35)20-25(36)21-34/h22-27,35-36H,2-21,34H2,1H3,(H,37,38)(H,39,40)(H,43,44)(H,45,46)/t22?,23?,24-,25+,26?,27?/m0/s1. The molecule has 278 valence electrons. The molecule has 0 radical (unpaired) electrons. The molecule has 0 bridgehead atoms. The Morgan fingerprint density at radius 3 is 1.27 bits per heavy atom. The number of aliphatic hydroxyl groups excluding tert-OH is 2. The second-order valence-electron chi connectivity index (χ2n) is 12.4. The monoisotopic (exact) mass is 691 g/mol. The van der Waals surface area contributed by atoms with Crippen molar-refractivity contribution in [2.45, 2.75) is 153 Å². The lowest BCUT2D eigenvalue weighted by Gasteiger charge is -2.28. The molecule has 0 saturated carbocycles. The zero-order chi connectivity index (χ0) is 36.5. The Labute approximate surface area is 282 Å². The number of esters is 2. The number of unbranched alkanes of at least 4 members (excludes halogenated alkanes) is 9. The van der Waals surface area contributed by atoms with Gasteiger partial charge >= 0.3 is 35.8 Å². The summed E-state index contributed by atoms with van der Waals surface area (Å²) in [6, 6.07) is 0. The van der Waals surface area contributed by atoms with Crippen LogP contribution in [0.15, 0.2) is 0 Å². The van der Waals surface area contributed by atoms with E-state index >= 15 is 0 Å². The molecule has 0 spiro atoms. The van der Waals surface area contributed by atoms with Gasteiger partial charge in [0.1, 0.15) is 12.2 Å². The van der Waals surface area contributed by atoms with Crippen LogP contribution >= 0.6 is 0 Å². The van der Waals surface area contributed by atoms with E-state index in [9.17, 15) is 49.2 Å². The Hall–Kier alpha value is -3.30. The number of carboxylic acids is 4. The van der Waals surface area contributed by atoms with Crippen LogP contribution in [-0.2, 0) is 38.2 Å². The van der Waals surface area contributed by atoms with Gasteiger partial charge in [-0.2, -0.15) is 0 Å². The van der Waals surface area contributed by atoms with Crippen LogP contribution < -0.4 is 5.73 Å². The molecule has 48 heavy (non-hydrogen) atoms. The smallest absolute Gasteiger partial charge is 0.307 e. The minimum absolute atomic E-state index is 0.0664. The van der Waals surface area contributed by atoms with E-state index in [2.05, 4.69) is 6.92 Å². The van der Waals surface area contributed by atoms with Gasteiger partial charge < -0.3 is 45.8 Å². The summed E-state index contributed by atoms with van der Waals surface area (Å²) in [6.07, 6.45) is 3.35. The molecule has 0 aromatic rings. The molecule has 0 aliphatic heterocycles. The van der Waals surface area contributed by atoms with Crippen molar-refractivity contribution in [2.24, 2.45) is 17.6 Å². The van der Waals surface area contributed by atoms with Crippen LogP contribution in [0.5, 0.6) is 0 Å². The number of hydrogen-bond donors (Lipinski definition) is 7. The van der Waals surface area contributed by atoms with E-state index < -0.39 is 97.8 Å². The van der Waals surface area contributed by atoms with Crippen molar-refractivity contribution < 1.29 is 68.9 Å². The molecular formula is C33H57NO14. The van der Waals surface area contributed by atoms with Gasteiger partial charge in [0.25, 0.3) is 0 Å². The van der Waals surface area contributed by atoms with Crippen molar-refractivity contribution >= 4 is 35.8 Å². The molecule has 0 heterocycles. The van der Waals surface area contributed by atoms with Gasteiger partial charge in [-0.15, -0.1) is 0 Å². The Bertz CT molecular complexity index is 974. The quantitative estimate of drug-likeness (QED) is 0.0405. The number of ether oxygens (including phenoxy) is 2. The first-order chi connectivity index (χ1) is 22.7. The largest absolute Gasteiger partial charge is 0.481 e. The highest BCUT2D eigenvalue weighted by atomic mass is 16.6. The molecule has 0 aliphatic carbocycles. The first-order valence-electron chi connectivity index (χ1n) is 17.0. The summed E-state index contributed by atoms with van der Waals surface area (Å²) in [6.45, 7) is 2.14. The van der Waals surface area contributed by atoms with E-state index in [0.717, 1.165) is 44.9 Å². The minimum Gasteiger partial charge on any atom is -0.481 e. The number of carbonyl (C=O) groups excluding carboxylic acids is 2. The zero-order valence-corrected chi connectivity index (χ0v) is 28.1. The number of aliphatic carboxylic acids is 4. The minimum atomic E-state index is -1.54. The number of carbonyl (C=O) groups is 6. The van der Waals surface area contributed by atoms with Crippen LogP contribution in [0.25, 0.3) is 0 Å². The first-order valence-corrected chi connectivity index (χ1v) is 17.0. The summed E-state index contributed by atoms with van der Waals surface area (Å²) in [7, 11) is 0. The lowest BCUT2D eigenvalue weighted by molar-refractivity contribution is -0.173. The fraction of sp³-hybridized carbons (Fsp3) is 0.818. The van der Waals surface area contributed by atoms with Gasteiger partial charge in [0.15, 0.2) is 0 Å². The topological polar surface area (TPSA) is 268 Å². The van der Waals surface area contributed by atoms with Crippen LogP contribution in [0.3, 0.4) is 0 Å². The van der Waals surface area contributed by atoms with Gasteiger partial charge in [-0.05, 0) is 32.1 Å². The van der Waals surface area contributed by atoms with Crippen molar-refractivity contribution in [3.05, 3.63) is 0 Å². The molecule has 0 amide bonds. The second-order valence-corrected chi connectivity index (χ2v) is 12.4. The third kappa shape index (κ3) is 23.1. The average molecular weight is 692 g/mol. The van der Waals surface area contributed by atoms with Crippen molar-refractivity contribution in [1.29, 1.82) is 0 Å². The Morgan fingerprint density at radius 1 is 0.542 bits per heavy atom. The van der Waals surface area contributed by atoms with E-state index in [-0.39, 0.29) is 25.8 Å². The highest BCUT2D eigenvalue weighted by Gasteiger charge is 2.33. The third-order valence-corrected chi connectivity index (χ3v) is 8.03. The molecule has 4 unspecified atom stereocenters. The fourth-order valence-corrected chi connectivity index (χ4v) is 5.30. The predicted octanol–water partition coefficient (Wildman–Crippen LogP) is 3.49. The molecule has 0 fully saturated rings. The number of hydrogen-bond acceptors (Lipinski definition) is 11. The van der Waals surface area contributed by atoms with E-state index in [0.29, 0.717) is 32.1 Å². The lowest BCUT2D eigenvalue weighted by Crippen LogP contribution is -2.37. The first kappa shape index (κ1) is 44.7. The molecule has 6 atom stereocenters. The normalized spacial score (nSPS) is 15.0. The highest BCUT2D eigenvalue weighted by molar-refractivity contribution is 5.83. The molecule has 0 aromatic heterocycles. The van der Waals surface area contributed by atoms with Crippen molar-refractivity contribution in [3.8, 4) is 0 Å². The fourth-order valence-electron chi connectivity index (χ4n) is 5.30. The van der Waals surface area contributed by atoms with Crippen molar-refractivity contribution in [2.75, 3.05) is 6.54 Å². The van der Waals surface area contributed by atoms with Gasteiger partial charge in [0.2, 0.25) is 0 Å². The predicted molar refractivity (Wildman–Crippen MR) is 172 cm³/mol. The average Bonchev–Trinajstić information content (AvgIpc) is 2.99. The second kappa shape index (κ2) is 26.6. The zero-order valence-electron chi connectivity index (χ0n) is 28.1. The Kier molecular flexibility index (Phi) is 24.8. The van der Waals surface area contributed by atoms with Crippen LogP contribution in [0.1, 0.15) is 129 Å². The van der Waals surface area contributed by atoms with Gasteiger partial charge in [-0.25, -0.2) is 0 Å². The van der Waals surface area contributed by atoms with Crippen LogP contribution in [0.2, 0.25) is 0 Å². The Balaban J connectivity index is 5.73. The number of nitrogens with two attached hydrogens (primary N) is 1. The maximum atomic E-state index is 12.9. The SMILES string of the molecule is CCCCCCCCC(OC(=O)CC(CC(=O)O)C(=O)O)C(CCCCCCC[C@H](O)C[C@@H](O)CN)OC(=O)CC(CC(=O)O)C(=O)O. The van der Waals surface area contributed by atoms with Crippen LogP contribution in [-0.4, -0.2) is 97.4 Å². The van der Waals surface area contributed by atoms with Crippen molar-refractivity contribution in [3.63, 3.8) is 0 Å². The molecule has 0 aliphatic rings. The van der Waals surface area contributed by atoms with Gasteiger partial charge in [0, 0.05) is 13.0 Å². The lowest BCUT2D eigenvalue weighted by atomic mass is 9.97. The highest BCUT2D eigenvalue weighted by Crippen LogP contribution is 2.24. The van der Waals surface area contributed by atoms with E-state index in [1.807, 2.05) is 0 Å². The summed E-state index contributed by atoms with van der Waals surface area (Å²) in [5.74, 6) is -10.8. The van der Waals surface area contributed by atoms with E-state index in [1.54, 1.807) is 0 Å². The van der Waals surface area contributed by atoms with E-state index in [4.69, 9.17) is 25.4 Å². The number of carboxylic acid groups (broad SMARTS) is 4. The molecule has 0 rings (SSSR count). The molecular weight excluding hydrogens is 634 g/mol. The van der Waals surface area contributed by atoms with Gasteiger partial charge in [0.05, 0.1) is 49.7 Å². The summed E-state index contributed by atoms with van der Waals surface area (Å²) in [5.41, 5.74) is 5.38. The summed E-state index contributed by atoms with van der Waals surface area (Å²) >= 11 is 0. The molecule has 0 aromatic carbocycles. The number of rotatable bonds is 31. The number of aliphatic hydroxyl groups is 2. The van der Waals surface area contributed by atoms with Crippen LogP contribution in [0, 0.1) is 11.8 Å². The van der Waals surface area contributed by atoms with Crippen molar-refractivity contribution in [1.82, 2.24) is 0 Å². The van der Waals surface area contributed by atoms with Gasteiger partial charge in [-0.1, -0.05) is 64.7 Å². The summed E-state index contributed by atoms with van der Waals surface area (Å²) in [5, 5.41) is 56.5. The maximum Gasteiger partial charge on any atom is 0.307 e.